The van der Waals surface area contributed by atoms with Gasteiger partial charge in [0.05, 0.1) is 0 Å². The first-order chi connectivity index (χ1) is 11.5. The van der Waals surface area contributed by atoms with Crippen molar-refractivity contribution in [1.82, 2.24) is 0 Å². The Bertz CT molecular complexity index is 639. The van der Waals surface area contributed by atoms with Gasteiger partial charge in [-0.1, -0.05) is 63.2 Å². The summed E-state index contributed by atoms with van der Waals surface area (Å²) in [4.78, 5) is 2.66. The van der Waals surface area contributed by atoms with Crippen molar-refractivity contribution >= 4 is 5.69 Å². The average molecular weight is 322 g/mol. The standard InChI is InChI=1S/C23H31N/c1-23(2,3)18-20-12-9-14-22(17-20)24-15-8-7-13-21(24)16-19-10-5-4-6-11-19/h4-6,9-12,14,17,21H,7-8,13,15-16,18H2,1-3H3. The summed E-state index contributed by atoms with van der Waals surface area (Å²) < 4.78 is 0. The molecule has 0 amide bonds. The predicted octanol–water partition coefficient (Wildman–Crippen LogP) is 5.88. The zero-order chi connectivity index (χ0) is 17.0. The van der Waals surface area contributed by atoms with E-state index in [1.807, 2.05) is 0 Å². The molecule has 1 heteroatoms. The highest BCUT2D eigenvalue weighted by Gasteiger charge is 2.23. The van der Waals surface area contributed by atoms with Crippen LogP contribution in [0.1, 0.15) is 51.2 Å². The topological polar surface area (TPSA) is 3.24 Å². The van der Waals surface area contributed by atoms with Crippen molar-refractivity contribution in [3.63, 3.8) is 0 Å². The van der Waals surface area contributed by atoms with Crippen LogP contribution >= 0.6 is 0 Å². The molecule has 1 nitrogen and oxygen atoms in total. The van der Waals surface area contributed by atoms with Gasteiger partial charge in [-0.3, -0.25) is 0 Å². The number of benzene rings is 2. The first-order valence-corrected chi connectivity index (χ1v) is 9.41. The molecule has 1 heterocycles. The molecule has 1 aliphatic rings. The molecule has 0 N–H and O–H groups in total. The molecule has 1 saturated heterocycles. The minimum atomic E-state index is 0.337. The Labute approximate surface area is 147 Å². The number of piperidine rings is 1. The van der Waals surface area contributed by atoms with Gasteiger partial charge >= 0.3 is 0 Å². The van der Waals surface area contributed by atoms with Crippen LogP contribution in [0.15, 0.2) is 54.6 Å². The Kier molecular flexibility index (Phi) is 5.28. The normalized spacial score (nSPS) is 18.6. The molecule has 2 aromatic rings. The Hall–Kier alpha value is -1.76. The van der Waals surface area contributed by atoms with Crippen molar-refractivity contribution in [2.24, 2.45) is 5.41 Å². The fraction of sp³-hybridized carbons (Fsp3) is 0.478. The van der Waals surface area contributed by atoms with Crippen LogP contribution in [-0.4, -0.2) is 12.6 Å². The molecule has 1 atom stereocenters. The third-order valence-corrected chi connectivity index (χ3v) is 4.92. The summed E-state index contributed by atoms with van der Waals surface area (Å²) in [6.45, 7) is 8.15. The van der Waals surface area contributed by atoms with E-state index in [0.29, 0.717) is 11.5 Å². The molecular weight excluding hydrogens is 290 g/mol. The van der Waals surface area contributed by atoms with Gasteiger partial charge in [-0.25, -0.2) is 0 Å². The maximum Gasteiger partial charge on any atom is 0.0371 e. The lowest BCUT2D eigenvalue weighted by molar-refractivity contribution is 0.411. The smallest absolute Gasteiger partial charge is 0.0371 e. The van der Waals surface area contributed by atoms with Crippen LogP contribution in [-0.2, 0) is 12.8 Å². The van der Waals surface area contributed by atoms with E-state index in [9.17, 15) is 0 Å². The molecule has 3 rings (SSSR count). The van der Waals surface area contributed by atoms with Crippen molar-refractivity contribution < 1.29 is 0 Å². The van der Waals surface area contributed by atoms with Gasteiger partial charge in [-0.2, -0.15) is 0 Å². The molecule has 0 aromatic heterocycles. The van der Waals surface area contributed by atoms with Gasteiger partial charge < -0.3 is 4.90 Å². The van der Waals surface area contributed by atoms with Crippen LogP contribution in [0.3, 0.4) is 0 Å². The Morgan fingerprint density at radius 1 is 0.917 bits per heavy atom. The predicted molar refractivity (Wildman–Crippen MR) is 105 cm³/mol. The second-order valence-corrected chi connectivity index (χ2v) is 8.44. The summed E-state index contributed by atoms with van der Waals surface area (Å²) in [6.07, 6.45) is 6.27. The van der Waals surface area contributed by atoms with Crippen molar-refractivity contribution in [3.8, 4) is 0 Å². The quantitative estimate of drug-likeness (QED) is 0.680. The highest BCUT2D eigenvalue weighted by Crippen LogP contribution is 2.29. The van der Waals surface area contributed by atoms with Gasteiger partial charge in [0.1, 0.15) is 0 Å². The van der Waals surface area contributed by atoms with Gasteiger partial charge in [0, 0.05) is 18.3 Å². The molecule has 0 saturated carbocycles. The third kappa shape index (κ3) is 4.63. The van der Waals surface area contributed by atoms with E-state index >= 15 is 0 Å². The summed E-state index contributed by atoms with van der Waals surface area (Å²) in [7, 11) is 0. The van der Waals surface area contributed by atoms with Crippen molar-refractivity contribution in [3.05, 3.63) is 65.7 Å². The number of rotatable bonds is 4. The third-order valence-electron chi connectivity index (χ3n) is 4.92. The van der Waals surface area contributed by atoms with Gasteiger partial charge in [0.15, 0.2) is 0 Å². The minimum Gasteiger partial charge on any atom is -0.368 e. The van der Waals surface area contributed by atoms with Crippen LogP contribution in [0.5, 0.6) is 0 Å². The van der Waals surface area contributed by atoms with E-state index in [-0.39, 0.29) is 0 Å². The molecule has 0 spiro atoms. The van der Waals surface area contributed by atoms with E-state index in [1.165, 1.54) is 42.6 Å². The van der Waals surface area contributed by atoms with E-state index in [4.69, 9.17) is 0 Å². The molecule has 128 valence electrons. The molecule has 0 aliphatic carbocycles. The zero-order valence-electron chi connectivity index (χ0n) is 15.5. The van der Waals surface area contributed by atoms with E-state index in [1.54, 1.807) is 0 Å². The maximum atomic E-state index is 2.66. The average Bonchev–Trinajstić information content (AvgIpc) is 2.55. The Morgan fingerprint density at radius 3 is 2.42 bits per heavy atom. The molecule has 1 fully saturated rings. The highest BCUT2D eigenvalue weighted by atomic mass is 15.2. The van der Waals surface area contributed by atoms with Crippen LogP contribution in [0.4, 0.5) is 5.69 Å². The van der Waals surface area contributed by atoms with Gasteiger partial charge in [0.2, 0.25) is 0 Å². The van der Waals surface area contributed by atoms with Gasteiger partial charge in [-0.05, 0) is 60.8 Å². The van der Waals surface area contributed by atoms with Crippen molar-refractivity contribution in [1.29, 1.82) is 0 Å². The highest BCUT2D eigenvalue weighted by molar-refractivity contribution is 5.50. The number of nitrogens with zero attached hydrogens (tertiary/aromatic N) is 1. The molecule has 0 radical (unpaired) electrons. The SMILES string of the molecule is CC(C)(C)Cc1cccc(N2CCCCC2Cc2ccccc2)c1. The second kappa shape index (κ2) is 7.42. The fourth-order valence-electron chi connectivity index (χ4n) is 3.90. The summed E-state index contributed by atoms with van der Waals surface area (Å²) in [5, 5.41) is 0. The fourth-order valence-corrected chi connectivity index (χ4v) is 3.90. The maximum absolute atomic E-state index is 2.66. The zero-order valence-corrected chi connectivity index (χ0v) is 15.5. The summed E-state index contributed by atoms with van der Waals surface area (Å²) in [6, 6.07) is 20.8. The number of anilines is 1. The van der Waals surface area contributed by atoms with Crippen LogP contribution in [0.2, 0.25) is 0 Å². The second-order valence-electron chi connectivity index (χ2n) is 8.44. The Balaban J connectivity index is 1.79. The Morgan fingerprint density at radius 2 is 1.67 bits per heavy atom. The van der Waals surface area contributed by atoms with Gasteiger partial charge in [-0.15, -0.1) is 0 Å². The van der Waals surface area contributed by atoms with Crippen LogP contribution in [0, 0.1) is 5.41 Å². The lowest BCUT2D eigenvalue weighted by Crippen LogP contribution is -2.41. The molecule has 2 aromatic carbocycles. The molecule has 0 bridgehead atoms. The molecule has 24 heavy (non-hydrogen) atoms. The van der Waals surface area contributed by atoms with Crippen molar-refractivity contribution in [2.75, 3.05) is 11.4 Å². The number of hydrogen-bond donors (Lipinski definition) is 0. The van der Waals surface area contributed by atoms with E-state index in [2.05, 4.69) is 80.3 Å². The van der Waals surface area contributed by atoms with Crippen LogP contribution < -0.4 is 4.90 Å². The summed E-state index contributed by atoms with van der Waals surface area (Å²) in [5.74, 6) is 0. The summed E-state index contributed by atoms with van der Waals surface area (Å²) in [5.41, 5.74) is 4.67. The first-order valence-electron chi connectivity index (χ1n) is 9.41. The molecular formula is C23H31N. The first kappa shape index (κ1) is 17.1. The minimum absolute atomic E-state index is 0.337. The van der Waals surface area contributed by atoms with Crippen LogP contribution in [0.25, 0.3) is 0 Å². The summed E-state index contributed by atoms with van der Waals surface area (Å²) >= 11 is 0. The van der Waals surface area contributed by atoms with E-state index in [0.717, 1.165) is 12.8 Å². The largest absolute Gasteiger partial charge is 0.368 e. The lowest BCUT2D eigenvalue weighted by Gasteiger charge is -2.38. The molecule has 1 unspecified atom stereocenters. The monoisotopic (exact) mass is 321 g/mol. The van der Waals surface area contributed by atoms with E-state index < -0.39 is 0 Å². The van der Waals surface area contributed by atoms with Gasteiger partial charge in [0.25, 0.3) is 0 Å². The lowest BCUT2D eigenvalue weighted by atomic mass is 9.88. The molecule has 1 aliphatic heterocycles. The number of hydrogen-bond acceptors (Lipinski definition) is 1. The van der Waals surface area contributed by atoms with Crippen molar-refractivity contribution in [2.45, 2.75) is 58.9 Å².